The normalized spacial score (nSPS) is 10.9. The highest BCUT2D eigenvalue weighted by molar-refractivity contribution is 5.85. The molecule has 102 valence electrons. The van der Waals surface area contributed by atoms with Crippen LogP contribution in [0.25, 0.3) is 10.9 Å². The topological polar surface area (TPSA) is 37.3 Å². The van der Waals surface area contributed by atoms with E-state index in [-0.39, 0.29) is 5.91 Å². The molecule has 1 heterocycles. The van der Waals surface area contributed by atoms with E-state index in [2.05, 4.69) is 23.5 Å². The lowest BCUT2D eigenvalue weighted by Crippen LogP contribution is -2.29. The van der Waals surface area contributed by atoms with Crippen LogP contribution in [0.15, 0.2) is 30.5 Å². The van der Waals surface area contributed by atoms with Crippen LogP contribution in [0.4, 0.5) is 0 Å². The maximum absolute atomic E-state index is 12.0. The van der Waals surface area contributed by atoms with Gasteiger partial charge in [0.15, 0.2) is 0 Å². The Kier molecular flexibility index (Phi) is 4.22. The van der Waals surface area contributed by atoms with Gasteiger partial charge in [0.05, 0.1) is 0 Å². The number of benzene rings is 1. The Bertz CT molecular complexity index is 574. The van der Waals surface area contributed by atoms with Crippen molar-refractivity contribution < 1.29 is 4.79 Å². The lowest BCUT2D eigenvalue weighted by molar-refractivity contribution is -0.130. The van der Waals surface area contributed by atoms with Gasteiger partial charge in [0, 0.05) is 37.2 Å². The number of nitrogens with zero attached hydrogens (tertiary/aromatic N) is 2. The summed E-state index contributed by atoms with van der Waals surface area (Å²) in [5, 5.41) is 4.38. The molecule has 0 aliphatic rings. The first-order valence-electron chi connectivity index (χ1n) is 6.62. The van der Waals surface area contributed by atoms with Crippen LogP contribution in [0.5, 0.6) is 0 Å². The molecule has 2 aromatic rings. The fraction of sp³-hybridized carbons (Fsp3) is 0.400. The Morgan fingerprint density at radius 2 is 2.16 bits per heavy atom. The minimum absolute atomic E-state index is 0.138. The van der Waals surface area contributed by atoms with E-state index in [4.69, 9.17) is 0 Å². The Morgan fingerprint density at radius 3 is 2.84 bits per heavy atom. The van der Waals surface area contributed by atoms with Crippen molar-refractivity contribution in [3.8, 4) is 0 Å². The SMILES string of the molecule is CCN(C)C(=O)Cn1ccc2c(CNC)cccc21. The van der Waals surface area contributed by atoms with Crippen LogP contribution in [0.3, 0.4) is 0 Å². The summed E-state index contributed by atoms with van der Waals surface area (Å²) in [6.07, 6.45) is 1.99. The molecular formula is C15H21N3O. The van der Waals surface area contributed by atoms with Crippen LogP contribution in [0.2, 0.25) is 0 Å². The summed E-state index contributed by atoms with van der Waals surface area (Å²) < 4.78 is 2.02. The monoisotopic (exact) mass is 259 g/mol. The standard InChI is InChI=1S/C15H21N3O/c1-4-17(3)15(19)11-18-9-8-13-12(10-16-2)6-5-7-14(13)18/h5-9,16H,4,10-11H2,1-3H3. The van der Waals surface area contributed by atoms with Crippen molar-refractivity contribution in [2.75, 3.05) is 20.6 Å². The molecule has 0 fully saturated rings. The second-order valence-corrected chi connectivity index (χ2v) is 4.73. The van der Waals surface area contributed by atoms with Crippen molar-refractivity contribution in [3.63, 3.8) is 0 Å². The molecule has 0 aliphatic carbocycles. The van der Waals surface area contributed by atoms with Gasteiger partial charge in [-0.1, -0.05) is 12.1 Å². The fourth-order valence-corrected chi connectivity index (χ4v) is 2.21. The predicted molar refractivity (Wildman–Crippen MR) is 78.0 cm³/mol. The Morgan fingerprint density at radius 1 is 1.37 bits per heavy atom. The van der Waals surface area contributed by atoms with Gasteiger partial charge in [-0.05, 0) is 31.7 Å². The van der Waals surface area contributed by atoms with Crippen LogP contribution < -0.4 is 5.32 Å². The van der Waals surface area contributed by atoms with E-state index in [1.165, 1.54) is 10.9 Å². The average Bonchev–Trinajstić information content (AvgIpc) is 2.82. The fourth-order valence-electron chi connectivity index (χ4n) is 2.21. The third-order valence-electron chi connectivity index (χ3n) is 3.48. The zero-order chi connectivity index (χ0) is 13.8. The molecule has 2 rings (SSSR count). The first kappa shape index (κ1) is 13.6. The summed E-state index contributed by atoms with van der Waals surface area (Å²) in [6, 6.07) is 8.30. The van der Waals surface area contributed by atoms with E-state index in [0.29, 0.717) is 6.54 Å². The van der Waals surface area contributed by atoms with Gasteiger partial charge in [0.1, 0.15) is 6.54 Å². The third-order valence-corrected chi connectivity index (χ3v) is 3.48. The summed E-state index contributed by atoms with van der Waals surface area (Å²) in [5.41, 5.74) is 2.38. The second kappa shape index (κ2) is 5.89. The van der Waals surface area contributed by atoms with Gasteiger partial charge in [0.2, 0.25) is 5.91 Å². The van der Waals surface area contributed by atoms with Gasteiger partial charge in [-0.15, -0.1) is 0 Å². The van der Waals surface area contributed by atoms with E-state index in [0.717, 1.165) is 18.6 Å². The molecule has 0 saturated carbocycles. The molecule has 0 spiro atoms. The number of fused-ring (bicyclic) bond motifs is 1. The maximum atomic E-state index is 12.0. The minimum Gasteiger partial charge on any atom is -0.344 e. The number of amides is 1. The number of hydrogen-bond donors (Lipinski definition) is 1. The highest BCUT2D eigenvalue weighted by Crippen LogP contribution is 2.20. The molecular weight excluding hydrogens is 238 g/mol. The number of carbonyl (C=O) groups is 1. The Labute approximate surface area is 114 Å². The molecule has 1 amide bonds. The second-order valence-electron chi connectivity index (χ2n) is 4.73. The molecule has 0 bridgehead atoms. The first-order valence-corrected chi connectivity index (χ1v) is 6.62. The molecule has 19 heavy (non-hydrogen) atoms. The van der Waals surface area contributed by atoms with Crippen LogP contribution in [-0.4, -0.2) is 36.0 Å². The first-order chi connectivity index (χ1) is 9.17. The molecule has 0 unspecified atom stereocenters. The summed E-state index contributed by atoms with van der Waals surface area (Å²) in [5.74, 6) is 0.138. The largest absolute Gasteiger partial charge is 0.344 e. The average molecular weight is 259 g/mol. The quantitative estimate of drug-likeness (QED) is 0.889. The number of carbonyl (C=O) groups excluding carboxylic acids is 1. The van der Waals surface area contributed by atoms with Crippen LogP contribution in [0, 0.1) is 0 Å². The van der Waals surface area contributed by atoms with E-state index in [9.17, 15) is 4.79 Å². The van der Waals surface area contributed by atoms with Crippen molar-refractivity contribution in [1.29, 1.82) is 0 Å². The van der Waals surface area contributed by atoms with Crippen LogP contribution in [-0.2, 0) is 17.9 Å². The number of hydrogen-bond acceptors (Lipinski definition) is 2. The highest BCUT2D eigenvalue weighted by Gasteiger charge is 2.10. The van der Waals surface area contributed by atoms with Crippen molar-refractivity contribution in [1.82, 2.24) is 14.8 Å². The summed E-state index contributed by atoms with van der Waals surface area (Å²) >= 11 is 0. The van der Waals surface area contributed by atoms with Crippen molar-refractivity contribution >= 4 is 16.8 Å². The molecule has 0 atom stereocenters. The Balaban J connectivity index is 2.30. The number of rotatable bonds is 5. The summed E-state index contributed by atoms with van der Waals surface area (Å²) in [4.78, 5) is 13.7. The zero-order valence-corrected chi connectivity index (χ0v) is 11.8. The molecule has 1 N–H and O–H groups in total. The predicted octanol–water partition coefficient (Wildman–Crippen LogP) is 1.84. The number of nitrogens with one attached hydrogen (secondary N) is 1. The number of aromatic nitrogens is 1. The zero-order valence-electron chi connectivity index (χ0n) is 11.8. The van der Waals surface area contributed by atoms with Gasteiger partial charge in [-0.3, -0.25) is 4.79 Å². The van der Waals surface area contributed by atoms with E-state index < -0.39 is 0 Å². The lowest BCUT2D eigenvalue weighted by Gasteiger charge is -2.15. The van der Waals surface area contributed by atoms with Crippen LogP contribution in [0.1, 0.15) is 12.5 Å². The molecule has 1 aromatic carbocycles. The van der Waals surface area contributed by atoms with Gasteiger partial charge in [-0.2, -0.15) is 0 Å². The molecule has 1 aromatic heterocycles. The molecule has 4 heteroatoms. The lowest BCUT2D eigenvalue weighted by atomic mass is 10.1. The Hall–Kier alpha value is -1.81. The van der Waals surface area contributed by atoms with Crippen LogP contribution >= 0.6 is 0 Å². The van der Waals surface area contributed by atoms with E-state index >= 15 is 0 Å². The number of likely N-dealkylation sites (N-methyl/N-ethyl adjacent to an activating group) is 1. The van der Waals surface area contributed by atoms with E-state index in [1.807, 2.05) is 37.8 Å². The van der Waals surface area contributed by atoms with Gasteiger partial charge in [-0.25, -0.2) is 0 Å². The summed E-state index contributed by atoms with van der Waals surface area (Å²) in [7, 11) is 3.77. The van der Waals surface area contributed by atoms with E-state index in [1.54, 1.807) is 4.90 Å². The third kappa shape index (κ3) is 2.79. The molecule has 0 saturated heterocycles. The van der Waals surface area contributed by atoms with Crippen molar-refractivity contribution in [3.05, 3.63) is 36.0 Å². The van der Waals surface area contributed by atoms with Gasteiger partial charge < -0.3 is 14.8 Å². The maximum Gasteiger partial charge on any atom is 0.242 e. The minimum atomic E-state index is 0.138. The molecule has 4 nitrogen and oxygen atoms in total. The van der Waals surface area contributed by atoms with Crippen molar-refractivity contribution in [2.45, 2.75) is 20.0 Å². The molecule has 0 aliphatic heterocycles. The molecule has 0 radical (unpaired) electrons. The summed E-state index contributed by atoms with van der Waals surface area (Å²) in [6.45, 7) is 3.96. The smallest absolute Gasteiger partial charge is 0.242 e. The van der Waals surface area contributed by atoms with Gasteiger partial charge >= 0.3 is 0 Å². The van der Waals surface area contributed by atoms with Crippen molar-refractivity contribution in [2.24, 2.45) is 0 Å². The van der Waals surface area contributed by atoms with Gasteiger partial charge in [0.25, 0.3) is 0 Å². The highest BCUT2D eigenvalue weighted by atomic mass is 16.2.